The van der Waals surface area contributed by atoms with Crippen molar-refractivity contribution in [3.63, 3.8) is 0 Å². The summed E-state index contributed by atoms with van der Waals surface area (Å²) in [5.74, 6) is 0.909. The molecule has 112 valence electrons. The van der Waals surface area contributed by atoms with E-state index in [0.717, 1.165) is 12.5 Å². The van der Waals surface area contributed by atoms with Crippen LogP contribution in [0.15, 0.2) is 30.5 Å². The third kappa shape index (κ3) is 1.96. The fraction of sp³-hybridized carbons (Fsp3) is 0.579. The number of rotatable bonds is 3. The normalized spacial score (nSPS) is 33.9. The molecule has 0 amide bonds. The van der Waals surface area contributed by atoms with Crippen LogP contribution in [0.5, 0.6) is 0 Å². The highest BCUT2D eigenvalue weighted by Gasteiger charge is 2.58. The number of benzene rings is 1. The van der Waals surface area contributed by atoms with Gasteiger partial charge in [-0.05, 0) is 65.2 Å². The first kappa shape index (κ1) is 13.4. The molecule has 2 aliphatic rings. The van der Waals surface area contributed by atoms with E-state index in [1.807, 2.05) is 6.20 Å². The van der Waals surface area contributed by atoms with Crippen LogP contribution >= 0.6 is 0 Å². The molecule has 0 radical (unpaired) electrons. The Hall–Kier alpha value is -1.28. The van der Waals surface area contributed by atoms with Gasteiger partial charge in [-0.15, -0.1) is 0 Å². The highest BCUT2D eigenvalue weighted by atomic mass is 15.0. The Morgan fingerprint density at radius 2 is 2.10 bits per heavy atom. The molecule has 21 heavy (non-hydrogen) atoms. The monoisotopic (exact) mass is 282 g/mol. The molecule has 0 spiro atoms. The topological polar surface area (TPSA) is 27.8 Å². The molecule has 2 aromatic rings. The van der Waals surface area contributed by atoms with Gasteiger partial charge in [0.25, 0.3) is 0 Å². The maximum Gasteiger partial charge on any atom is 0.0454 e. The lowest BCUT2D eigenvalue weighted by Crippen LogP contribution is -2.49. The zero-order chi connectivity index (χ0) is 14.7. The highest BCUT2D eigenvalue weighted by Crippen LogP contribution is 2.62. The molecule has 1 aromatic heterocycles. The van der Waals surface area contributed by atoms with Crippen LogP contribution in [0.3, 0.4) is 0 Å². The fourth-order valence-corrected chi connectivity index (χ4v) is 5.24. The number of hydrogen-bond donors (Lipinski definition) is 2. The van der Waals surface area contributed by atoms with Crippen LogP contribution in [-0.4, -0.2) is 11.0 Å². The standard InChI is InChI=1S/C19H26N2/c1-18(2)15-6-8-19(3,11-15)17(18)21-12-13-4-5-16-14(10-13)7-9-20-16/h4-5,7,9-10,15,17,20-21H,6,8,11-12H2,1-3H3. The largest absolute Gasteiger partial charge is 0.361 e. The number of fused-ring (bicyclic) bond motifs is 3. The minimum absolute atomic E-state index is 0.436. The average molecular weight is 282 g/mol. The Bertz CT molecular complexity index is 664. The molecular formula is C19H26N2. The van der Waals surface area contributed by atoms with Gasteiger partial charge >= 0.3 is 0 Å². The second kappa shape index (κ2) is 4.36. The number of aromatic amines is 1. The molecule has 3 unspecified atom stereocenters. The molecular weight excluding hydrogens is 256 g/mol. The van der Waals surface area contributed by atoms with Gasteiger partial charge in [-0.3, -0.25) is 0 Å². The van der Waals surface area contributed by atoms with Crippen LogP contribution in [0, 0.1) is 16.7 Å². The van der Waals surface area contributed by atoms with Crippen molar-refractivity contribution in [1.29, 1.82) is 0 Å². The lowest BCUT2D eigenvalue weighted by Gasteiger charge is -2.43. The van der Waals surface area contributed by atoms with Crippen molar-refractivity contribution in [1.82, 2.24) is 10.3 Å². The van der Waals surface area contributed by atoms with Gasteiger partial charge in [0, 0.05) is 24.3 Å². The van der Waals surface area contributed by atoms with Gasteiger partial charge in [0.1, 0.15) is 0 Å². The molecule has 2 heteroatoms. The van der Waals surface area contributed by atoms with E-state index in [-0.39, 0.29) is 0 Å². The maximum absolute atomic E-state index is 3.91. The van der Waals surface area contributed by atoms with Crippen molar-refractivity contribution in [3.8, 4) is 0 Å². The fourth-order valence-electron chi connectivity index (χ4n) is 5.24. The smallest absolute Gasteiger partial charge is 0.0454 e. The van der Waals surface area contributed by atoms with E-state index >= 15 is 0 Å². The summed E-state index contributed by atoms with van der Waals surface area (Å²) in [4.78, 5) is 3.26. The Balaban J connectivity index is 1.53. The second-order valence-electron chi connectivity index (χ2n) is 8.13. The summed E-state index contributed by atoms with van der Waals surface area (Å²) in [7, 11) is 0. The van der Waals surface area contributed by atoms with E-state index in [1.54, 1.807) is 0 Å². The molecule has 0 aliphatic heterocycles. The van der Waals surface area contributed by atoms with Crippen molar-refractivity contribution >= 4 is 10.9 Å². The van der Waals surface area contributed by atoms with Gasteiger partial charge in [0.15, 0.2) is 0 Å². The number of aromatic nitrogens is 1. The van der Waals surface area contributed by atoms with E-state index < -0.39 is 0 Å². The molecule has 0 saturated heterocycles. The molecule has 2 fully saturated rings. The zero-order valence-electron chi connectivity index (χ0n) is 13.4. The van der Waals surface area contributed by atoms with Crippen molar-refractivity contribution in [2.75, 3.05) is 0 Å². The first-order valence-corrected chi connectivity index (χ1v) is 8.28. The Morgan fingerprint density at radius 3 is 2.86 bits per heavy atom. The molecule has 2 bridgehead atoms. The first-order valence-electron chi connectivity index (χ1n) is 8.28. The van der Waals surface area contributed by atoms with Crippen molar-refractivity contribution in [2.45, 2.75) is 52.6 Å². The lowest BCUT2D eigenvalue weighted by molar-refractivity contribution is 0.108. The predicted octanol–water partition coefficient (Wildman–Crippen LogP) is 4.47. The summed E-state index contributed by atoms with van der Waals surface area (Å²) in [5, 5.41) is 5.22. The summed E-state index contributed by atoms with van der Waals surface area (Å²) in [5.41, 5.74) is 3.56. The minimum atomic E-state index is 0.436. The maximum atomic E-state index is 3.91. The molecule has 1 aromatic carbocycles. The SMILES string of the molecule is CC12CCC(C1)C(C)(C)C2NCc1ccc2[nH]ccc2c1. The average Bonchev–Trinajstić information content (AvgIpc) is 3.08. The summed E-state index contributed by atoms with van der Waals surface area (Å²) >= 11 is 0. The molecule has 1 heterocycles. The molecule has 2 aliphatic carbocycles. The third-order valence-corrected chi connectivity index (χ3v) is 6.40. The quantitative estimate of drug-likeness (QED) is 0.854. The summed E-state index contributed by atoms with van der Waals surface area (Å²) in [6.45, 7) is 8.41. The van der Waals surface area contributed by atoms with Crippen molar-refractivity contribution in [3.05, 3.63) is 36.0 Å². The van der Waals surface area contributed by atoms with Gasteiger partial charge in [-0.2, -0.15) is 0 Å². The molecule has 2 nitrogen and oxygen atoms in total. The van der Waals surface area contributed by atoms with E-state index in [2.05, 4.69) is 55.3 Å². The molecule has 2 saturated carbocycles. The highest BCUT2D eigenvalue weighted by molar-refractivity contribution is 5.79. The van der Waals surface area contributed by atoms with E-state index in [1.165, 1.54) is 35.7 Å². The predicted molar refractivity (Wildman–Crippen MR) is 88.2 cm³/mol. The Kier molecular flexibility index (Phi) is 2.78. The van der Waals surface area contributed by atoms with Gasteiger partial charge in [-0.1, -0.05) is 26.8 Å². The van der Waals surface area contributed by atoms with Crippen molar-refractivity contribution in [2.24, 2.45) is 16.7 Å². The minimum Gasteiger partial charge on any atom is -0.361 e. The van der Waals surface area contributed by atoms with Crippen molar-refractivity contribution < 1.29 is 0 Å². The van der Waals surface area contributed by atoms with Crippen LogP contribution in [0.1, 0.15) is 45.6 Å². The third-order valence-electron chi connectivity index (χ3n) is 6.40. The van der Waals surface area contributed by atoms with Crippen LogP contribution in [0.2, 0.25) is 0 Å². The van der Waals surface area contributed by atoms with E-state index in [4.69, 9.17) is 0 Å². The first-order chi connectivity index (χ1) is 9.99. The molecule has 4 rings (SSSR count). The Labute approximate surface area is 127 Å². The van der Waals surface area contributed by atoms with Crippen LogP contribution < -0.4 is 5.32 Å². The lowest BCUT2D eigenvalue weighted by atomic mass is 9.68. The molecule has 3 atom stereocenters. The zero-order valence-corrected chi connectivity index (χ0v) is 13.4. The van der Waals surface area contributed by atoms with E-state index in [9.17, 15) is 0 Å². The summed E-state index contributed by atoms with van der Waals surface area (Å²) in [6, 6.07) is 9.54. The second-order valence-corrected chi connectivity index (χ2v) is 8.13. The number of hydrogen-bond acceptors (Lipinski definition) is 1. The van der Waals surface area contributed by atoms with Crippen LogP contribution in [0.4, 0.5) is 0 Å². The van der Waals surface area contributed by atoms with Crippen LogP contribution in [0.25, 0.3) is 10.9 Å². The van der Waals surface area contributed by atoms with Gasteiger partial charge < -0.3 is 10.3 Å². The van der Waals surface area contributed by atoms with Gasteiger partial charge in [0.05, 0.1) is 0 Å². The van der Waals surface area contributed by atoms with Gasteiger partial charge in [0.2, 0.25) is 0 Å². The van der Waals surface area contributed by atoms with Crippen LogP contribution in [-0.2, 0) is 6.54 Å². The summed E-state index contributed by atoms with van der Waals surface area (Å²) in [6.07, 6.45) is 6.25. The number of nitrogens with one attached hydrogen (secondary N) is 2. The number of H-pyrrole nitrogens is 1. The Morgan fingerprint density at radius 1 is 1.24 bits per heavy atom. The van der Waals surface area contributed by atoms with Gasteiger partial charge in [-0.25, -0.2) is 0 Å². The molecule has 2 N–H and O–H groups in total. The summed E-state index contributed by atoms with van der Waals surface area (Å²) < 4.78 is 0. The van der Waals surface area contributed by atoms with E-state index in [0.29, 0.717) is 16.9 Å².